The van der Waals surface area contributed by atoms with Gasteiger partial charge < -0.3 is 9.64 Å². The maximum absolute atomic E-state index is 12.0. The molecule has 1 aromatic carbocycles. The summed E-state index contributed by atoms with van der Waals surface area (Å²) in [6.45, 7) is 1.42. The number of halogens is 1. The number of ether oxygens (including phenoxy) is 1. The van der Waals surface area contributed by atoms with Crippen molar-refractivity contribution in [1.29, 1.82) is 0 Å². The van der Waals surface area contributed by atoms with Crippen LogP contribution in [0.25, 0.3) is 10.1 Å². The van der Waals surface area contributed by atoms with Crippen LogP contribution in [-0.4, -0.2) is 33.2 Å². The van der Waals surface area contributed by atoms with E-state index < -0.39 is 0 Å². The van der Waals surface area contributed by atoms with Crippen molar-refractivity contribution in [2.75, 3.05) is 27.2 Å². The van der Waals surface area contributed by atoms with Crippen molar-refractivity contribution in [3.8, 4) is 0 Å². The molecule has 0 aliphatic heterocycles. The highest BCUT2D eigenvalue weighted by Crippen LogP contribution is 2.35. The van der Waals surface area contributed by atoms with Crippen molar-refractivity contribution in [2.24, 2.45) is 0 Å². The molecule has 3 nitrogen and oxygen atoms in total. The van der Waals surface area contributed by atoms with E-state index >= 15 is 0 Å². The Labute approximate surface area is 121 Å². The van der Waals surface area contributed by atoms with Gasteiger partial charge in [-0.05, 0) is 6.07 Å². The van der Waals surface area contributed by atoms with Crippen molar-refractivity contribution in [1.82, 2.24) is 0 Å². The first-order valence-corrected chi connectivity index (χ1v) is 7.42. The molecular formula is C14H17ClNO2S+. The zero-order chi connectivity index (χ0) is 13.8. The quantitative estimate of drug-likeness (QED) is 0.678. The average molecular weight is 299 g/mol. The molecule has 0 fully saturated rings. The molecule has 0 saturated carbocycles. The Morgan fingerprint density at radius 3 is 2.79 bits per heavy atom. The molecule has 0 amide bonds. The molecule has 0 spiro atoms. The van der Waals surface area contributed by atoms with Crippen molar-refractivity contribution >= 4 is 39.0 Å². The van der Waals surface area contributed by atoms with Gasteiger partial charge in [-0.25, -0.2) is 4.79 Å². The van der Waals surface area contributed by atoms with Gasteiger partial charge in [0.25, 0.3) is 0 Å². The van der Waals surface area contributed by atoms with Crippen LogP contribution >= 0.6 is 22.9 Å². The van der Waals surface area contributed by atoms with Crippen molar-refractivity contribution in [3.05, 3.63) is 34.2 Å². The third-order valence-electron chi connectivity index (χ3n) is 2.77. The SMILES string of the molecule is C[NH+](C)CCCOC(=O)c1sc2ccccc2c1Cl. The summed E-state index contributed by atoms with van der Waals surface area (Å²) in [7, 11) is 4.15. The van der Waals surface area contributed by atoms with Crippen LogP contribution in [0.2, 0.25) is 5.02 Å². The van der Waals surface area contributed by atoms with E-state index in [2.05, 4.69) is 14.1 Å². The van der Waals surface area contributed by atoms with Gasteiger partial charge in [-0.15, -0.1) is 11.3 Å². The van der Waals surface area contributed by atoms with Crippen LogP contribution in [0.4, 0.5) is 0 Å². The Hall–Kier alpha value is -1.10. The average Bonchev–Trinajstić information content (AvgIpc) is 2.72. The summed E-state index contributed by atoms with van der Waals surface area (Å²) in [5.41, 5.74) is 0. The molecule has 1 N–H and O–H groups in total. The monoisotopic (exact) mass is 298 g/mol. The van der Waals surface area contributed by atoms with Crippen LogP contribution in [0.5, 0.6) is 0 Å². The Balaban J connectivity index is 2.03. The van der Waals surface area contributed by atoms with Crippen LogP contribution in [0.1, 0.15) is 16.1 Å². The summed E-state index contributed by atoms with van der Waals surface area (Å²) in [6, 6.07) is 7.72. The first-order valence-electron chi connectivity index (χ1n) is 6.23. The fourth-order valence-electron chi connectivity index (χ4n) is 1.80. The summed E-state index contributed by atoms with van der Waals surface area (Å²) in [5, 5.41) is 1.42. The lowest BCUT2D eigenvalue weighted by atomic mass is 10.2. The zero-order valence-electron chi connectivity index (χ0n) is 11.0. The second-order valence-electron chi connectivity index (χ2n) is 4.69. The molecule has 102 valence electrons. The minimum absolute atomic E-state index is 0.319. The van der Waals surface area contributed by atoms with E-state index in [-0.39, 0.29) is 5.97 Å². The molecule has 2 aromatic rings. The fraction of sp³-hybridized carbons (Fsp3) is 0.357. The molecule has 5 heteroatoms. The van der Waals surface area contributed by atoms with E-state index in [0.717, 1.165) is 23.1 Å². The summed E-state index contributed by atoms with van der Waals surface area (Å²) in [4.78, 5) is 13.8. The van der Waals surface area contributed by atoms with E-state index in [1.165, 1.54) is 16.2 Å². The van der Waals surface area contributed by atoms with Gasteiger partial charge in [0, 0.05) is 16.5 Å². The lowest BCUT2D eigenvalue weighted by Crippen LogP contribution is -3.05. The van der Waals surface area contributed by atoms with E-state index in [1.54, 1.807) is 0 Å². The predicted octanol–water partition coefficient (Wildman–Crippen LogP) is 2.25. The lowest BCUT2D eigenvalue weighted by Gasteiger charge is -2.07. The minimum Gasteiger partial charge on any atom is -0.461 e. The summed E-state index contributed by atoms with van der Waals surface area (Å²) >= 11 is 7.61. The largest absolute Gasteiger partial charge is 0.461 e. The first-order chi connectivity index (χ1) is 9.09. The smallest absolute Gasteiger partial charge is 0.349 e. The normalized spacial score (nSPS) is 11.2. The third kappa shape index (κ3) is 3.47. The molecule has 0 atom stereocenters. The van der Waals surface area contributed by atoms with Crippen LogP contribution in [0.15, 0.2) is 24.3 Å². The predicted molar refractivity (Wildman–Crippen MR) is 79.4 cm³/mol. The molecule has 0 saturated heterocycles. The van der Waals surface area contributed by atoms with Gasteiger partial charge in [0.05, 0.1) is 32.3 Å². The molecule has 1 heterocycles. The number of quaternary nitrogens is 1. The van der Waals surface area contributed by atoms with E-state index in [9.17, 15) is 4.79 Å². The number of fused-ring (bicyclic) bond motifs is 1. The second kappa shape index (κ2) is 6.37. The number of nitrogens with one attached hydrogen (secondary N) is 1. The number of hydrogen-bond donors (Lipinski definition) is 1. The Morgan fingerprint density at radius 1 is 1.37 bits per heavy atom. The van der Waals surface area contributed by atoms with Crippen molar-refractivity contribution in [3.63, 3.8) is 0 Å². The zero-order valence-corrected chi connectivity index (χ0v) is 12.6. The number of esters is 1. The first kappa shape index (κ1) is 14.3. The van der Waals surface area contributed by atoms with E-state index in [1.807, 2.05) is 24.3 Å². The molecule has 19 heavy (non-hydrogen) atoms. The van der Waals surface area contributed by atoms with Gasteiger partial charge in [-0.1, -0.05) is 29.8 Å². The number of hydrogen-bond acceptors (Lipinski definition) is 3. The minimum atomic E-state index is -0.319. The van der Waals surface area contributed by atoms with E-state index in [4.69, 9.17) is 16.3 Å². The molecule has 1 aromatic heterocycles. The van der Waals surface area contributed by atoms with Crippen LogP contribution in [-0.2, 0) is 4.74 Å². The molecule has 0 radical (unpaired) electrons. The summed E-state index contributed by atoms with van der Waals surface area (Å²) < 4.78 is 6.27. The number of benzene rings is 1. The van der Waals surface area contributed by atoms with E-state index in [0.29, 0.717) is 16.5 Å². The summed E-state index contributed by atoms with van der Waals surface area (Å²) in [5.74, 6) is -0.319. The molecule has 0 aliphatic carbocycles. The third-order valence-corrected chi connectivity index (χ3v) is 4.43. The van der Waals surface area contributed by atoms with Gasteiger partial charge in [-0.2, -0.15) is 0 Å². The Bertz CT molecular complexity index is 580. The Kier molecular flexibility index (Phi) is 4.80. The van der Waals surface area contributed by atoms with Gasteiger partial charge >= 0.3 is 5.97 Å². The van der Waals surface area contributed by atoms with Gasteiger partial charge in [0.15, 0.2) is 0 Å². The highest BCUT2D eigenvalue weighted by atomic mass is 35.5. The molecule has 0 unspecified atom stereocenters. The number of carbonyl (C=O) groups excluding carboxylic acids is 1. The number of rotatable bonds is 5. The molecular weight excluding hydrogens is 282 g/mol. The lowest BCUT2D eigenvalue weighted by molar-refractivity contribution is -0.858. The molecule has 2 rings (SSSR count). The summed E-state index contributed by atoms with van der Waals surface area (Å²) in [6.07, 6.45) is 0.858. The van der Waals surface area contributed by atoms with Crippen LogP contribution in [0.3, 0.4) is 0 Å². The number of thiophene rings is 1. The van der Waals surface area contributed by atoms with Gasteiger partial charge in [0.1, 0.15) is 4.88 Å². The standard InChI is InChI=1S/C14H16ClNO2S/c1-16(2)8-5-9-18-14(17)13-12(15)10-6-3-4-7-11(10)19-13/h3-4,6-7H,5,8-9H2,1-2H3/p+1. The topological polar surface area (TPSA) is 30.7 Å². The Morgan fingerprint density at radius 2 is 2.11 bits per heavy atom. The maximum atomic E-state index is 12.0. The van der Waals surface area contributed by atoms with Gasteiger partial charge in [0.2, 0.25) is 0 Å². The highest BCUT2D eigenvalue weighted by Gasteiger charge is 2.17. The molecule has 0 bridgehead atoms. The number of carbonyl (C=O) groups is 1. The molecule has 0 aliphatic rings. The second-order valence-corrected chi connectivity index (χ2v) is 6.12. The maximum Gasteiger partial charge on any atom is 0.349 e. The van der Waals surface area contributed by atoms with Crippen molar-refractivity contribution < 1.29 is 14.4 Å². The van der Waals surface area contributed by atoms with Gasteiger partial charge in [-0.3, -0.25) is 0 Å². The van der Waals surface area contributed by atoms with Crippen LogP contribution < -0.4 is 4.90 Å². The highest BCUT2D eigenvalue weighted by molar-refractivity contribution is 7.21. The fourth-order valence-corrected chi connectivity index (χ4v) is 3.20. The van der Waals surface area contributed by atoms with Crippen LogP contribution in [0, 0.1) is 0 Å². The van der Waals surface area contributed by atoms with Crippen molar-refractivity contribution in [2.45, 2.75) is 6.42 Å².